The fourth-order valence-electron chi connectivity index (χ4n) is 6.26. The number of anilines is 1. The van der Waals surface area contributed by atoms with Crippen molar-refractivity contribution in [2.75, 3.05) is 18.4 Å². The van der Waals surface area contributed by atoms with Gasteiger partial charge < -0.3 is 19.5 Å². The van der Waals surface area contributed by atoms with Gasteiger partial charge in [0.05, 0.1) is 17.4 Å². The zero-order valence-corrected chi connectivity index (χ0v) is 25.2. The van der Waals surface area contributed by atoms with Crippen LogP contribution in [0.1, 0.15) is 43.9 Å². The van der Waals surface area contributed by atoms with Crippen LogP contribution < -0.4 is 5.32 Å². The minimum atomic E-state index is -0.721. The second kappa shape index (κ2) is 11.8. The average Bonchev–Trinajstić information content (AvgIpc) is 3.47. The van der Waals surface area contributed by atoms with Crippen LogP contribution in [0.3, 0.4) is 0 Å². The molecule has 2 unspecified atom stereocenters. The summed E-state index contributed by atoms with van der Waals surface area (Å²) in [5.41, 5.74) is 2.71. The van der Waals surface area contributed by atoms with Crippen molar-refractivity contribution in [1.29, 1.82) is 5.26 Å². The molecular formula is C36H36N6O2. The number of carbonyl (C=O) groups is 1. The van der Waals surface area contributed by atoms with Crippen LogP contribution in [-0.2, 0) is 10.3 Å². The molecule has 1 saturated heterocycles. The van der Waals surface area contributed by atoms with Gasteiger partial charge in [0.15, 0.2) is 0 Å². The minimum Gasteiger partial charge on any atom is -0.444 e. The van der Waals surface area contributed by atoms with Gasteiger partial charge in [0.2, 0.25) is 0 Å². The van der Waals surface area contributed by atoms with E-state index < -0.39 is 17.2 Å². The van der Waals surface area contributed by atoms with Gasteiger partial charge in [0.1, 0.15) is 28.9 Å². The first-order chi connectivity index (χ1) is 21.3. The Morgan fingerprint density at radius 1 is 0.864 bits per heavy atom. The lowest BCUT2D eigenvalue weighted by Gasteiger charge is -2.38. The van der Waals surface area contributed by atoms with Crippen LogP contribution in [0.4, 0.5) is 10.6 Å². The zero-order valence-electron chi connectivity index (χ0n) is 25.2. The molecule has 2 atom stereocenters. The molecule has 8 nitrogen and oxygen atoms in total. The summed E-state index contributed by atoms with van der Waals surface area (Å²) >= 11 is 0. The van der Waals surface area contributed by atoms with Crippen molar-refractivity contribution in [3.05, 3.63) is 126 Å². The molecule has 3 heterocycles. The molecule has 0 aliphatic carbocycles. The summed E-state index contributed by atoms with van der Waals surface area (Å²) in [6.07, 6.45) is 3.82. The molecule has 1 aliphatic rings. The number of nitrogens with one attached hydrogen (secondary N) is 1. The monoisotopic (exact) mass is 584 g/mol. The van der Waals surface area contributed by atoms with Crippen LogP contribution >= 0.6 is 0 Å². The van der Waals surface area contributed by atoms with Crippen molar-refractivity contribution in [3.8, 4) is 6.07 Å². The quantitative estimate of drug-likeness (QED) is 0.220. The fourth-order valence-corrected chi connectivity index (χ4v) is 6.26. The molecule has 1 aliphatic heterocycles. The van der Waals surface area contributed by atoms with Crippen molar-refractivity contribution in [2.45, 2.75) is 44.4 Å². The predicted octanol–water partition coefficient (Wildman–Crippen LogP) is 6.83. The number of benzene rings is 3. The lowest BCUT2D eigenvalue weighted by atomic mass is 9.76. The summed E-state index contributed by atoms with van der Waals surface area (Å²) in [5, 5.41) is 14.2. The highest BCUT2D eigenvalue weighted by molar-refractivity contribution is 5.88. The van der Waals surface area contributed by atoms with Crippen LogP contribution in [0.15, 0.2) is 110 Å². The van der Waals surface area contributed by atoms with E-state index in [0.717, 1.165) is 27.7 Å². The Kier molecular flexibility index (Phi) is 7.79. The molecule has 1 N–H and O–H groups in total. The largest absolute Gasteiger partial charge is 0.444 e. The Morgan fingerprint density at radius 3 is 1.95 bits per heavy atom. The van der Waals surface area contributed by atoms with E-state index in [1.165, 1.54) is 0 Å². The number of hydrogen-bond donors (Lipinski definition) is 1. The number of hydrogen-bond acceptors (Lipinski definition) is 6. The number of piperidine rings is 1. The Balaban J connectivity index is 1.45. The number of nitrogens with zero attached hydrogens (tertiary/aromatic N) is 5. The SMILES string of the molecule is CC(C)(C)OC(=O)N1CC(C#N)CC(Nc2ncnc3c2ccn3C(c2ccccc2)(c2ccccc2)c2ccccc2)C1. The minimum absolute atomic E-state index is 0.190. The van der Waals surface area contributed by atoms with Crippen molar-refractivity contribution in [1.82, 2.24) is 19.4 Å². The van der Waals surface area contributed by atoms with Gasteiger partial charge in [-0.2, -0.15) is 5.26 Å². The maximum absolute atomic E-state index is 12.9. The van der Waals surface area contributed by atoms with Crippen molar-refractivity contribution >= 4 is 22.9 Å². The number of nitriles is 1. The van der Waals surface area contributed by atoms with Crippen LogP contribution in [0.2, 0.25) is 0 Å². The summed E-state index contributed by atoms with van der Waals surface area (Å²) in [6, 6.07) is 35.6. The van der Waals surface area contributed by atoms with Crippen LogP contribution in [0.5, 0.6) is 0 Å². The molecule has 1 fully saturated rings. The number of likely N-dealkylation sites (tertiary alicyclic amines) is 1. The number of amides is 1. The van der Waals surface area contributed by atoms with E-state index >= 15 is 0 Å². The fraction of sp³-hybridized carbons (Fsp3) is 0.278. The van der Waals surface area contributed by atoms with Gasteiger partial charge >= 0.3 is 6.09 Å². The molecule has 6 rings (SSSR count). The summed E-state index contributed by atoms with van der Waals surface area (Å²) in [7, 11) is 0. The number of rotatable bonds is 6. The molecule has 0 spiro atoms. The predicted molar refractivity (Wildman–Crippen MR) is 171 cm³/mol. The van der Waals surface area contributed by atoms with E-state index in [-0.39, 0.29) is 12.0 Å². The molecule has 8 heteroatoms. The Labute approximate surface area is 257 Å². The highest BCUT2D eigenvalue weighted by atomic mass is 16.6. The molecule has 5 aromatic rings. The first kappa shape index (κ1) is 28.9. The van der Waals surface area contributed by atoms with Crippen molar-refractivity contribution in [3.63, 3.8) is 0 Å². The molecule has 1 amide bonds. The van der Waals surface area contributed by atoms with Crippen molar-refractivity contribution < 1.29 is 9.53 Å². The van der Waals surface area contributed by atoms with Gasteiger partial charge in [-0.3, -0.25) is 0 Å². The number of ether oxygens (including phenoxy) is 1. The van der Waals surface area contributed by atoms with E-state index in [0.29, 0.717) is 25.3 Å². The molecule has 0 radical (unpaired) electrons. The Morgan fingerprint density at radius 2 is 1.43 bits per heavy atom. The van der Waals surface area contributed by atoms with E-state index in [1.54, 1.807) is 11.2 Å². The second-order valence-electron chi connectivity index (χ2n) is 12.2. The van der Waals surface area contributed by atoms with Gasteiger partial charge in [0.25, 0.3) is 0 Å². The average molecular weight is 585 g/mol. The molecular weight excluding hydrogens is 548 g/mol. The highest BCUT2D eigenvalue weighted by Gasteiger charge is 2.40. The van der Waals surface area contributed by atoms with Crippen LogP contribution in [0, 0.1) is 17.2 Å². The molecule has 3 aromatic carbocycles. The third-order valence-electron chi connectivity index (χ3n) is 8.04. The highest BCUT2D eigenvalue weighted by Crippen LogP contribution is 2.43. The second-order valence-corrected chi connectivity index (χ2v) is 12.2. The zero-order chi connectivity index (χ0) is 30.7. The number of fused-ring (bicyclic) bond motifs is 1. The molecule has 0 bridgehead atoms. The maximum atomic E-state index is 12.9. The Bertz CT molecular complexity index is 1680. The first-order valence-electron chi connectivity index (χ1n) is 14.9. The first-order valence-corrected chi connectivity index (χ1v) is 14.9. The molecule has 44 heavy (non-hydrogen) atoms. The smallest absolute Gasteiger partial charge is 0.410 e. The molecule has 222 valence electrons. The van der Waals surface area contributed by atoms with E-state index in [1.807, 2.05) is 45.0 Å². The molecule has 0 saturated carbocycles. The summed E-state index contributed by atoms with van der Waals surface area (Å²) in [5.74, 6) is 0.335. The van der Waals surface area contributed by atoms with Crippen molar-refractivity contribution in [2.24, 2.45) is 5.92 Å². The topological polar surface area (TPSA) is 96.1 Å². The van der Waals surface area contributed by atoms with Gasteiger partial charge in [-0.25, -0.2) is 14.8 Å². The van der Waals surface area contributed by atoms with Gasteiger partial charge in [-0.1, -0.05) is 91.0 Å². The summed E-state index contributed by atoms with van der Waals surface area (Å²) < 4.78 is 7.85. The van der Waals surface area contributed by atoms with Gasteiger partial charge in [-0.15, -0.1) is 0 Å². The van der Waals surface area contributed by atoms with Gasteiger partial charge in [0, 0.05) is 25.3 Å². The third-order valence-corrected chi connectivity index (χ3v) is 8.04. The lowest BCUT2D eigenvalue weighted by molar-refractivity contribution is 0.0178. The van der Waals surface area contributed by atoms with E-state index in [4.69, 9.17) is 9.72 Å². The third kappa shape index (κ3) is 5.49. The van der Waals surface area contributed by atoms with Crippen LogP contribution in [0.25, 0.3) is 11.0 Å². The van der Waals surface area contributed by atoms with Gasteiger partial charge in [-0.05, 0) is 49.9 Å². The normalized spacial score (nSPS) is 17.2. The van der Waals surface area contributed by atoms with E-state index in [2.05, 4.69) is 99.9 Å². The standard InChI is InChI=1S/C36H36N6O2/c1-35(2,3)44-34(43)41-23-26(22-37)21-30(24-41)40-32-31-19-20-42(33(31)39-25-38-32)36(27-13-7-4-8-14-27,28-15-9-5-10-16-28)29-17-11-6-12-18-29/h4-20,25-26,30H,21,23-24H2,1-3H3,(H,38,39,40). The molecule has 2 aromatic heterocycles. The maximum Gasteiger partial charge on any atom is 0.410 e. The Hall–Kier alpha value is -5.16. The number of aromatic nitrogens is 3. The van der Waals surface area contributed by atoms with Crippen LogP contribution in [-0.4, -0.2) is 50.3 Å². The summed E-state index contributed by atoms with van der Waals surface area (Å²) in [6.45, 7) is 6.27. The number of carbonyl (C=O) groups excluding carboxylic acids is 1. The lowest BCUT2D eigenvalue weighted by Crippen LogP contribution is -2.50. The van der Waals surface area contributed by atoms with E-state index in [9.17, 15) is 10.1 Å². The summed E-state index contributed by atoms with van der Waals surface area (Å²) in [4.78, 5) is 24.0.